The summed E-state index contributed by atoms with van der Waals surface area (Å²) in [6.07, 6.45) is 0.967. The van der Waals surface area contributed by atoms with Gasteiger partial charge in [0.25, 0.3) is 0 Å². The molecular formula is C14H19N5OS. The average Bonchev–Trinajstić information content (AvgIpc) is 2.89. The Morgan fingerprint density at radius 3 is 2.76 bits per heavy atom. The van der Waals surface area contributed by atoms with E-state index < -0.39 is 0 Å². The summed E-state index contributed by atoms with van der Waals surface area (Å²) in [7, 11) is 0. The van der Waals surface area contributed by atoms with Crippen molar-refractivity contribution in [1.82, 2.24) is 14.8 Å². The SMILES string of the molecule is CCCn1c(CN)nnc1SCC(=O)Nc1ccccc1. The van der Waals surface area contributed by atoms with Crippen LogP contribution in [0.4, 0.5) is 5.69 Å². The van der Waals surface area contributed by atoms with Crippen molar-refractivity contribution in [2.24, 2.45) is 5.73 Å². The first-order valence-corrected chi connectivity index (χ1v) is 7.83. The molecule has 1 aromatic carbocycles. The fraction of sp³-hybridized carbons (Fsp3) is 0.357. The van der Waals surface area contributed by atoms with E-state index in [1.807, 2.05) is 34.9 Å². The van der Waals surface area contributed by atoms with Crippen LogP contribution in [0.2, 0.25) is 0 Å². The maximum Gasteiger partial charge on any atom is 0.234 e. The van der Waals surface area contributed by atoms with Crippen molar-refractivity contribution >= 4 is 23.4 Å². The lowest BCUT2D eigenvalue weighted by Crippen LogP contribution is -2.15. The number of anilines is 1. The lowest BCUT2D eigenvalue weighted by molar-refractivity contribution is -0.113. The van der Waals surface area contributed by atoms with Crippen molar-refractivity contribution in [3.63, 3.8) is 0 Å². The van der Waals surface area contributed by atoms with Crippen molar-refractivity contribution in [2.45, 2.75) is 31.6 Å². The number of nitrogens with one attached hydrogen (secondary N) is 1. The molecule has 0 saturated heterocycles. The monoisotopic (exact) mass is 305 g/mol. The van der Waals surface area contributed by atoms with Crippen molar-refractivity contribution in [3.8, 4) is 0 Å². The van der Waals surface area contributed by atoms with Crippen LogP contribution in [0, 0.1) is 0 Å². The standard InChI is InChI=1S/C14H19N5OS/c1-2-8-19-12(9-15)17-18-14(19)21-10-13(20)16-11-6-4-3-5-7-11/h3-7H,2,8-10,15H2,1H3,(H,16,20). The van der Waals surface area contributed by atoms with Gasteiger partial charge in [0.2, 0.25) is 5.91 Å². The first kappa shape index (κ1) is 15.5. The van der Waals surface area contributed by atoms with Crippen molar-refractivity contribution < 1.29 is 4.79 Å². The Balaban J connectivity index is 1.93. The maximum absolute atomic E-state index is 11.9. The molecule has 0 atom stereocenters. The number of carbonyl (C=O) groups excluding carboxylic acids is 1. The zero-order chi connectivity index (χ0) is 15.1. The van der Waals surface area contributed by atoms with E-state index >= 15 is 0 Å². The summed E-state index contributed by atoms with van der Waals surface area (Å²) in [4.78, 5) is 11.9. The van der Waals surface area contributed by atoms with Gasteiger partial charge >= 0.3 is 0 Å². The minimum Gasteiger partial charge on any atom is -0.325 e. The highest BCUT2D eigenvalue weighted by Gasteiger charge is 2.12. The molecule has 0 aliphatic carbocycles. The van der Waals surface area contributed by atoms with Gasteiger partial charge in [-0.2, -0.15) is 0 Å². The summed E-state index contributed by atoms with van der Waals surface area (Å²) >= 11 is 1.37. The van der Waals surface area contributed by atoms with Gasteiger partial charge in [-0.3, -0.25) is 4.79 Å². The molecule has 2 aromatic rings. The molecule has 6 nitrogen and oxygen atoms in total. The molecule has 1 heterocycles. The number of para-hydroxylation sites is 1. The van der Waals surface area contributed by atoms with Crippen molar-refractivity contribution in [2.75, 3.05) is 11.1 Å². The van der Waals surface area contributed by atoms with Crippen molar-refractivity contribution in [3.05, 3.63) is 36.2 Å². The Labute approximate surface area is 128 Å². The third-order valence-corrected chi connectivity index (χ3v) is 3.78. The predicted octanol–water partition coefficient (Wildman–Crippen LogP) is 1.88. The summed E-state index contributed by atoms with van der Waals surface area (Å²) in [6, 6.07) is 9.39. The van der Waals surface area contributed by atoms with Crippen LogP contribution in [-0.2, 0) is 17.9 Å². The molecular weight excluding hydrogens is 286 g/mol. The molecule has 2 rings (SSSR count). The number of rotatable bonds is 7. The second kappa shape index (κ2) is 7.80. The van der Waals surface area contributed by atoms with E-state index in [4.69, 9.17) is 5.73 Å². The number of nitrogens with two attached hydrogens (primary N) is 1. The number of carbonyl (C=O) groups is 1. The van der Waals surface area contributed by atoms with E-state index in [-0.39, 0.29) is 5.91 Å². The van der Waals surface area contributed by atoms with E-state index in [0.717, 1.165) is 29.6 Å². The number of hydrogen-bond donors (Lipinski definition) is 2. The summed E-state index contributed by atoms with van der Waals surface area (Å²) in [5.41, 5.74) is 6.43. The van der Waals surface area contributed by atoms with Gasteiger partial charge in [-0.05, 0) is 18.6 Å². The largest absolute Gasteiger partial charge is 0.325 e. The topological polar surface area (TPSA) is 85.8 Å². The Hall–Kier alpha value is -1.86. The Bertz CT molecular complexity index is 584. The van der Waals surface area contributed by atoms with Crippen LogP contribution in [-0.4, -0.2) is 26.4 Å². The highest BCUT2D eigenvalue weighted by molar-refractivity contribution is 7.99. The van der Waals surface area contributed by atoms with E-state index in [2.05, 4.69) is 22.4 Å². The summed E-state index contributed by atoms with van der Waals surface area (Å²) in [6.45, 7) is 3.24. The minimum absolute atomic E-state index is 0.0634. The molecule has 1 aromatic heterocycles. The molecule has 0 aliphatic rings. The number of thioether (sulfide) groups is 1. The average molecular weight is 305 g/mol. The highest BCUT2D eigenvalue weighted by atomic mass is 32.2. The molecule has 0 radical (unpaired) electrons. The number of hydrogen-bond acceptors (Lipinski definition) is 5. The van der Waals surface area contributed by atoms with Gasteiger partial charge in [0, 0.05) is 12.2 Å². The van der Waals surface area contributed by atoms with Crippen LogP contribution < -0.4 is 11.1 Å². The van der Waals surface area contributed by atoms with Gasteiger partial charge in [0.1, 0.15) is 5.82 Å². The highest BCUT2D eigenvalue weighted by Crippen LogP contribution is 2.18. The quantitative estimate of drug-likeness (QED) is 0.763. The summed E-state index contributed by atoms with van der Waals surface area (Å²) in [5, 5.41) is 11.7. The van der Waals surface area contributed by atoms with Crippen LogP contribution in [0.5, 0.6) is 0 Å². The number of amides is 1. The summed E-state index contributed by atoms with van der Waals surface area (Å²) < 4.78 is 1.97. The van der Waals surface area contributed by atoms with Gasteiger partial charge in [-0.15, -0.1) is 10.2 Å². The third kappa shape index (κ3) is 4.30. The molecule has 0 aliphatic heterocycles. The molecule has 1 amide bonds. The van der Waals surface area contributed by atoms with Gasteiger partial charge < -0.3 is 15.6 Å². The minimum atomic E-state index is -0.0634. The van der Waals surface area contributed by atoms with E-state index in [9.17, 15) is 4.79 Å². The smallest absolute Gasteiger partial charge is 0.234 e. The fourth-order valence-corrected chi connectivity index (χ4v) is 2.66. The van der Waals surface area contributed by atoms with Crippen LogP contribution in [0.25, 0.3) is 0 Å². The maximum atomic E-state index is 11.9. The molecule has 0 saturated carbocycles. The van der Waals surface area contributed by atoms with E-state index in [1.54, 1.807) is 0 Å². The Morgan fingerprint density at radius 1 is 1.33 bits per heavy atom. The Morgan fingerprint density at radius 2 is 2.10 bits per heavy atom. The van der Waals surface area contributed by atoms with Crippen LogP contribution in [0.15, 0.2) is 35.5 Å². The fourth-order valence-electron chi connectivity index (χ4n) is 1.87. The number of aromatic nitrogens is 3. The molecule has 0 fully saturated rings. The number of nitrogens with zero attached hydrogens (tertiary/aromatic N) is 3. The van der Waals surface area contributed by atoms with Gasteiger partial charge in [0.15, 0.2) is 5.16 Å². The molecule has 0 spiro atoms. The Kier molecular flexibility index (Phi) is 5.77. The van der Waals surface area contributed by atoms with Crippen LogP contribution in [0.1, 0.15) is 19.2 Å². The zero-order valence-corrected chi connectivity index (χ0v) is 12.8. The number of benzene rings is 1. The second-order valence-corrected chi connectivity index (χ2v) is 5.40. The molecule has 0 bridgehead atoms. The third-order valence-electron chi connectivity index (χ3n) is 2.81. The molecule has 112 valence electrons. The van der Waals surface area contributed by atoms with E-state index in [1.165, 1.54) is 11.8 Å². The van der Waals surface area contributed by atoms with Gasteiger partial charge in [-0.25, -0.2) is 0 Å². The van der Waals surface area contributed by atoms with E-state index in [0.29, 0.717) is 12.3 Å². The summed E-state index contributed by atoms with van der Waals surface area (Å²) in [5.74, 6) is 0.982. The second-order valence-electron chi connectivity index (χ2n) is 4.46. The van der Waals surface area contributed by atoms with Gasteiger partial charge in [-0.1, -0.05) is 36.9 Å². The van der Waals surface area contributed by atoms with Crippen LogP contribution >= 0.6 is 11.8 Å². The zero-order valence-electron chi connectivity index (χ0n) is 12.0. The molecule has 7 heteroatoms. The van der Waals surface area contributed by atoms with Gasteiger partial charge in [0.05, 0.1) is 12.3 Å². The predicted molar refractivity (Wildman–Crippen MR) is 84.0 cm³/mol. The lowest BCUT2D eigenvalue weighted by Gasteiger charge is -2.08. The lowest BCUT2D eigenvalue weighted by atomic mass is 10.3. The van der Waals surface area contributed by atoms with Crippen LogP contribution in [0.3, 0.4) is 0 Å². The normalized spacial score (nSPS) is 10.6. The first-order chi connectivity index (χ1) is 10.2. The molecule has 3 N–H and O–H groups in total. The first-order valence-electron chi connectivity index (χ1n) is 6.84. The van der Waals surface area contributed by atoms with Crippen molar-refractivity contribution in [1.29, 1.82) is 0 Å². The molecule has 0 unspecified atom stereocenters. The molecule has 21 heavy (non-hydrogen) atoms.